The van der Waals surface area contributed by atoms with Gasteiger partial charge in [0.2, 0.25) is 0 Å². The Bertz CT molecular complexity index is 711. The number of benzene rings is 2. The SMILES string of the molecule is C[C@H](Oc1cccc(Cl)c1)C(=O)Nc1ccc(OC2CCCC2)cc1. The Balaban J connectivity index is 1.53. The fourth-order valence-corrected chi connectivity index (χ4v) is 3.04. The number of hydrogen-bond donors (Lipinski definition) is 1. The highest BCUT2D eigenvalue weighted by atomic mass is 35.5. The standard InChI is InChI=1S/C20H22ClNO3/c1-14(24-19-8-4-5-15(21)13-19)20(23)22-16-9-11-18(12-10-16)25-17-6-2-3-7-17/h4-5,8-14,17H,2-3,6-7H2,1H3,(H,22,23)/t14-/m0/s1. The summed E-state index contributed by atoms with van der Waals surface area (Å²) in [5.41, 5.74) is 0.713. The van der Waals surface area contributed by atoms with E-state index in [1.807, 2.05) is 24.3 Å². The first-order valence-electron chi connectivity index (χ1n) is 8.60. The van der Waals surface area contributed by atoms with E-state index >= 15 is 0 Å². The Labute approximate surface area is 153 Å². The van der Waals surface area contributed by atoms with E-state index in [4.69, 9.17) is 21.1 Å². The van der Waals surface area contributed by atoms with E-state index in [0.29, 0.717) is 22.6 Å². The minimum atomic E-state index is -0.632. The molecule has 0 aliphatic heterocycles. The molecule has 25 heavy (non-hydrogen) atoms. The van der Waals surface area contributed by atoms with E-state index in [1.165, 1.54) is 12.8 Å². The lowest BCUT2D eigenvalue weighted by atomic mass is 10.2. The van der Waals surface area contributed by atoms with Crippen LogP contribution in [0.15, 0.2) is 48.5 Å². The predicted octanol–water partition coefficient (Wildman–Crippen LogP) is 5.07. The van der Waals surface area contributed by atoms with Crippen molar-refractivity contribution in [3.05, 3.63) is 53.6 Å². The van der Waals surface area contributed by atoms with Gasteiger partial charge in [-0.1, -0.05) is 17.7 Å². The highest BCUT2D eigenvalue weighted by molar-refractivity contribution is 6.30. The first-order valence-corrected chi connectivity index (χ1v) is 8.98. The Morgan fingerprint density at radius 3 is 2.52 bits per heavy atom. The Kier molecular flexibility index (Phi) is 5.82. The van der Waals surface area contributed by atoms with Crippen molar-refractivity contribution in [2.45, 2.75) is 44.8 Å². The van der Waals surface area contributed by atoms with Gasteiger partial charge in [-0.2, -0.15) is 0 Å². The van der Waals surface area contributed by atoms with Crippen molar-refractivity contribution < 1.29 is 14.3 Å². The third-order valence-electron chi connectivity index (χ3n) is 4.20. The molecule has 3 rings (SSSR count). The van der Waals surface area contributed by atoms with Gasteiger partial charge in [0.05, 0.1) is 6.10 Å². The summed E-state index contributed by atoms with van der Waals surface area (Å²) >= 11 is 5.92. The van der Waals surface area contributed by atoms with E-state index in [0.717, 1.165) is 18.6 Å². The Hall–Kier alpha value is -2.20. The number of amides is 1. The fraction of sp³-hybridized carbons (Fsp3) is 0.350. The molecule has 132 valence electrons. The van der Waals surface area contributed by atoms with Gasteiger partial charge in [0.25, 0.3) is 5.91 Å². The summed E-state index contributed by atoms with van der Waals surface area (Å²) in [6.07, 6.45) is 4.42. The molecule has 2 aromatic rings. The van der Waals surface area contributed by atoms with Gasteiger partial charge < -0.3 is 14.8 Å². The first-order chi connectivity index (χ1) is 12.1. The molecule has 0 radical (unpaired) electrons. The van der Waals surface area contributed by atoms with Gasteiger partial charge >= 0.3 is 0 Å². The number of carbonyl (C=O) groups excluding carboxylic acids is 1. The number of carbonyl (C=O) groups is 1. The molecule has 1 aliphatic carbocycles. The van der Waals surface area contributed by atoms with Crippen molar-refractivity contribution in [2.75, 3.05) is 5.32 Å². The predicted molar refractivity (Wildman–Crippen MR) is 99.5 cm³/mol. The maximum absolute atomic E-state index is 12.3. The van der Waals surface area contributed by atoms with E-state index in [9.17, 15) is 4.79 Å². The molecule has 0 saturated heterocycles. The Morgan fingerprint density at radius 2 is 1.84 bits per heavy atom. The topological polar surface area (TPSA) is 47.6 Å². The van der Waals surface area contributed by atoms with Crippen LogP contribution in [-0.2, 0) is 4.79 Å². The molecule has 0 unspecified atom stereocenters. The fourth-order valence-electron chi connectivity index (χ4n) is 2.86. The van der Waals surface area contributed by atoms with Crippen LogP contribution in [0.4, 0.5) is 5.69 Å². The van der Waals surface area contributed by atoms with Gasteiger partial charge in [0.15, 0.2) is 6.10 Å². The van der Waals surface area contributed by atoms with Crippen molar-refractivity contribution in [3.8, 4) is 11.5 Å². The van der Waals surface area contributed by atoms with Crippen LogP contribution in [0.2, 0.25) is 5.02 Å². The van der Waals surface area contributed by atoms with Crippen LogP contribution in [0.1, 0.15) is 32.6 Å². The molecule has 0 bridgehead atoms. The second-order valence-corrected chi connectivity index (χ2v) is 6.69. The molecule has 1 N–H and O–H groups in total. The van der Waals surface area contributed by atoms with E-state index in [-0.39, 0.29) is 5.91 Å². The summed E-state index contributed by atoms with van der Waals surface area (Å²) in [7, 11) is 0. The highest BCUT2D eigenvalue weighted by Gasteiger charge is 2.17. The van der Waals surface area contributed by atoms with Crippen LogP contribution in [0, 0.1) is 0 Å². The molecule has 0 aromatic heterocycles. The number of halogens is 1. The van der Waals surface area contributed by atoms with Gasteiger partial charge in [-0.25, -0.2) is 0 Å². The molecule has 1 fully saturated rings. The number of nitrogens with one attached hydrogen (secondary N) is 1. The van der Waals surface area contributed by atoms with Crippen molar-refractivity contribution in [2.24, 2.45) is 0 Å². The van der Waals surface area contributed by atoms with Crippen LogP contribution in [-0.4, -0.2) is 18.1 Å². The summed E-state index contributed by atoms with van der Waals surface area (Å²) in [4.78, 5) is 12.3. The summed E-state index contributed by atoms with van der Waals surface area (Å²) in [5.74, 6) is 1.19. The number of rotatable bonds is 6. The highest BCUT2D eigenvalue weighted by Crippen LogP contribution is 2.25. The minimum absolute atomic E-state index is 0.218. The lowest BCUT2D eigenvalue weighted by Crippen LogP contribution is -2.30. The zero-order valence-electron chi connectivity index (χ0n) is 14.2. The quantitative estimate of drug-likeness (QED) is 0.783. The number of hydrogen-bond acceptors (Lipinski definition) is 3. The summed E-state index contributed by atoms with van der Waals surface area (Å²) < 4.78 is 11.5. The molecule has 1 atom stereocenters. The lowest BCUT2D eigenvalue weighted by molar-refractivity contribution is -0.122. The summed E-state index contributed by atoms with van der Waals surface area (Å²) in [6, 6.07) is 14.4. The van der Waals surface area contributed by atoms with Crippen molar-refractivity contribution in [1.29, 1.82) is 0 Å². The molecular formula is C20H22ClNO3. The molecular weight excluding hydrogens is 338 g/mol. The van der Waals surface area contributed by atoms with Crippen molar-refractivity contribution in [1.82, 2.24) is 0 Å². The van der Waals surface area contributed by atoms with E-state index < -0.39 is 6.10 Å². The number of ether oxygens (including phenoxy) is 2. The van der Waals surface area contributed by atoms with E-state index in [1.54, 1.807) is 31.2 Å². The second kappa shape index (κ2) is 8.26. The van der Waals surface area contributed by atoms with Crippen molar-refractivity contribution >= 4 is 23.2 Å². The largest absolute Gasteiger partial charge is 0.490 e. The van der Waals surface area contributed by atoms with Crippen LogP contribution in [0.3, 0.4) is 0 Å². The average Bonchev–Trinajstić information content (AvgIpc) is 3.09. The molecule has 4 nitrogen and oxygen atoms in total. The number of anilines is 1. The van der Waals surface area contributed by atoms with Crippen molar-refractivity contribution in [3.63, 3.8) is 0 Å². The molecule has 2 aromatic carbocycles. The maximum atomic E-state index is 12.3. The maximum Gasteiger partial charge on any atom is 0.265 e. The molecule has 5 heteroatoms. The van der Waals surface area contributed by atoms with Crippen LogP contribution in [0.25, 0.3) is 0 Å². The second-order valence-electron chi connectivity index (χ2n) is 6.26. The van der Waals surface area contributed by atoms with Gasteiger partial charge in [0, 0.05) is 10.7 Å². The third-order valence-corrected chi connectivity index (χ3v) is 4.44. The summed E-state index contributed by atoms with van der Waals surface area (Å²) in [5, 5.41) is 3.42. The lowest BCUT2D eigenvalue weighted by Gasteiger charge is -2.16. The first kappa shape index (κ1) is 17.6. The van der Waals surface area contributed by atoms with Gasteiger partial charge in [-0.15, -0.1) is 0 Å². The summed E-state index contributed by atoms with van der Waals surface area (Å²) in [6.45, 7) is 1.70. The monoisotopic (exact) mass is 359 g/mol. The minimum Gasteiger partial charge on any atom is -0.490 e. The van der Waals surface area contributed by atoms with Gasteiger partial charge in [-0.05, 0) is 75.1 Å². The van der Waals surface area contributed by atoms with Crippen LogP contribution < -0.4 is 14.8 Å². The molecule has 0 spiro atoms. The molecule has 1 amide bonds. The zero-order chi connectivity index (χ0) is 17.6. The van der Waals surface area contributed by atoms with E-state index in [2.05, 4.69) is 5.32 Å². The zero-order valence-corrected chi connectivity index (χ0v) is 15.0. The van der Waals surface area contributed by atoms with Crippen LogP contribution >= 0.6 is 11.6 Å². The van der Waals surface area contributed by atoms with Crippen LogP contribution in [0.5, 0.6) is 11.5 Å². The average molecular weight is 360 g/mol. The van der Waals surface area contributed by atoms with Gasteiger partial charge in [0.1, 0.15) is 11.5 Å². The molecule has 1 saturated carbocycles. The smallest absolute Gasteiger partial charge is 0.265 e. The Morgan fingerprint density at radius 1 is 1.12 bits per heavy atom. The van der Waals surface area contributed by atoms with Gasteiger partial charge in [-0.3, -0.25) is 4.79 Å². The third kappa shape index (κ3) is 5.13. The molecule has 0 heterocycles. The normalized spacial score (nSPS) is 15.6. The molecule has 1 aliphatic rings.